The zero-order valence-corrected chi connectivity index (χ0v) is 15.2. The number of hydrogen-bond acceptors (Lipinski definition) is 6. The second kappa shape index (κ2) is 6.83. The Kier molecular flexibility index (Phi) is 4.34. The molecule has 28 heavy (non-hydrogen) atoms. The molecule has 3 aromatic heterocycles. The highest BCUT2D eigenvalue weighted by molar-refractivity contribution is 7.89. The van der Waals surface area contributed by atoms with Gasteiger partial charge < -0.3 is 0 Å². The first-order valence-corrected chi connectivity index (χ1v) is 9.66. The molecule has 0 atom stereocenters. The lowest BCUT2D eigenvalue weighted by atomic mass is 10.2. The lowest BCUT2D eigenvalue weighted by molar-refractivity contribution is 0.598. The largest absolute Gasteiger partial charge is 0.287 e. The van der Waals surface area contributed by atoms with E-state index in [1.54, 1.807) is 53.6 Å². The SMILES string of the molecule is NS(=O)(=O)c1ccc(-n2nccc2-c2nn(-c3ccncc3)ccc2=O)cc1. The van der Waals surface area contributed by atoms with Crippen molar-refractivity contribution in [3.8, 4) is 22.8 Å². The van der Waals surface area contributed by atoms with Gasteiger partial charge in [-0.2, -0.15) is 10.2 Å². The predicted molar refractivity (Wildman–Crippen MR) is 102 cm³/mol. The summed E-state index contributed by atoms with van der Waals surface area (Å²) in [5, 5.41) is 13.8. The van der Waals surface area contributed by atoms with Crippen LogP contribution in [-0.4, -0.2) is 33.0 Å². The Bertz CT molecular complexity index is 1300. The molecule has 4 aromatic rings. The maximum absolute atomic E-state index is 12.4. The van der Waals surface area contributed by atoms with E-state index in [9.17, 15) is 13.2 Å². The fourth-order valence-corrected chi connectivity index (χ4v) is 3.21. The van der Waals surface area contributed by atoms with Crippen molar-refractivity contribution >= 4 is 10.0 Å². The first-order chi connectivity index (χ1) is 13.4. The van der Waals surface area contributed by atoms with Crippen LogP contribution in [0.3, 0.4) is 0 Å². The minimum absolute atomic E-state index is 0.0113. The van der Waals surface area contributed by atoms with Crippen LogP contribution in [0.2, 0.25) is 0 Å². The molecule has 2 N–H and O–H groups in total. The van der Waals surface area contributed by atoms with E-state index in [-0.39, 0.29) is 16.0 Å². The van der Waals surface area contributed by atoms with Crippen LogP contribution in [0.1, 0.15) is 0 Å². The fourth-order valence-electron chi connectivity index (χ4n) is 2.69. The topological polar surface area (TPSA) is 126 Å². The van der Waals surface area contributed by atoms with Crippen LogP contribution in [0.4, 0.5) is 0 Å². The van der Waals surface area contributed by atoms with Gasteiger partial charge in [0.2, 0.25) is 15.5 Å². The van der Waals surface area contributed by atoms with Gasteiger partial charge in [-0.15, -0.1) is 0 Å². The Morgan fingerprint density at radius 2 is 1.57 bits per heavy atom. The molecule has 0 saturated carbocycles. The number of nitrogens with zero attached hydrogens (tertiary/aromatic N) is 5. The summed E-state index contributed by atoms with van der Waals surface area (Å²) in [5.41, 5.74) is 1.71. The number of hydrogen-bond donors (Lipinski definition) is 1. The summed E-state index contributed by atoms with van der Waals surface area (Å²) in [6.45, 7) is 0. The maximum atomic E-state index is 12.4. The van der Waals surface area contributed by atoms with Crippen molar-refractivity contribution in [2.24, 2.45) is 5.14 Å². The standard InChI is InChI=1S/C18H14N6O3S/c19-28(26,27)15-3-1-14(2-4-15)24-16(7-11-21-24)18-17(25)8-12-23(22-18)13-5-9-20-10-6-13/h1-12H,(H2,19,26,27). The average molecular weight is 394 g/mol. The van der Waals surface area contributed by atoms with Gasteiger partial charge >= 0.3 is 0 Å². The average Bonchev–Trinajstić information content (AvgIpc) is 3.18. The van der Waals surface area contributed by atoms with E-state index < -0.39 is 10.0 Å². The van der Waals surface area contributed by atoms with Crippen molar-refractivity contribution < 1.29 is 8.42 Å². The summed E-state index contributed by atoms with van der Waals surface area (Å²) in [5.74, 6) is 0. The number of nitrogens with two attached hydrogens (primary N) is 1. The van der Waals surface area contributed by atoms with Gasteiger partial charge in [0.1, 0.15) is 0 Å². The summed E-state index contributed by atoms with van der Waals surface area (Å²) in [6.07, 6.45) is 6.37. The van der Waals surface area contributed by atoms with Crippen LogP contribution >= 0.6 is 0 Å². The van der Waals surface area contributed by atoms with Gasteiger partial charge in [0.25, 0.3) is 0 Å². The second-order valence-electron chi connectivity index (χ2n) is 5.85. The Morgan fingerprint density at radius 3 is 2.25 bits per heavy atom. The third kappa shape index (κ3) is 3.33. The minimum atomic E-state index is -3.79. The van der Waals surface area contributed by atoms with Crippen molar-refractivity contribution in [1.29, 1.82) is 0 Å². The number of primary sulfonamides is 1. The van der Waals surface area contributed by atoms with Gasteiger partial charge in [0, 0.05) is 24.7 Å². The molecule has 0 fully saturated rings. The van der Waals surface area contributed by atoms with Crippen LogP contribution in [0.25, 0.3) is 22.8 Å². The molecule has 0 saturated heterocycles. The molecule has 4 rings (SSSR count). The summed E-state index contributed by atoms with van der Waals surface area (Å²) in [4.78, 5) is 16.4. The number of sulfonamides is 1. The Balaban J connectivity index is 1.81. The van der Waals surface area contributed by atoms with Crippen molar-refractivity contribution in [3.63, 3.8) is 0 Å². The molecule has 0 amide bonds. The van der Waals surface area contributed by atoms with Gasteiger partial charge in [0.05, 0.1) is 28.2 Å². The smallest absolute Gasteiger partial charge is 0.238 e. The molecule has 3 heterocycles. The number of pyridine rings is 1. The molecular formula is C18H14N6O3S. The number of benzene rings is 1. The summed E-state index contributed by atoms with van der Waals surface area (Å²) >= 11 is 0. The van der Waals surface area contributed by atoms with Crippen molar-refractivity contribution in [2.45, 2.75) is 4.90 Å². The predicted octanol–water partition coefficient (Wildman–Crippen LogP) is 1.13. The number of aromatic nitrogens is 5. The molecule has 10 heteroatoms. The Hall–Kier alpha value is -3.63. The van der Waals surface area contributed by atoms with E-state index in [0.29, 0.717) is 11.4 Å². The van der Waals surface area contributed by atoms with Crippen molar-refractivity contribution in [1.82, 2.24) is 24.5 Å². The molecule has 0 bridgehead atoms. The lowest BCUT2D eigenvalue weighted by Gasteiger charge is -2.10. The summed E-state index contributed by atoms with van der Waals surface area (Å²) in [6, 6.07) is 12.5. The molecule has 0 spiro atoms. The van der Waals surface area contributed by atoms with Gasteiger partial charge in [0.15, 0.2) is 5.69 Å². The Morgan fingerprint density at radius 1 is 0.857 bits per heavy atom. The maximum Gasteiger partial charge on any atom is 0.238 e. The lowest BCUT2D eigenvalue weighted by Crippen LogP contribution is -2.15. The quantitative estimate of drug-likeness (QED) is 0.553. The van der Waals surface area contributed by atoms with Crippen molar-refractivity contribution in [2.75, 3.05) is 0 Å². The van der Waals surface area contributed by atoms with Gasteiger partial charge in [-0.3, -0.25) is 9.78 Å². The zero-order valence-electron chi connectivity index (χ0n) is 14.4. The number of rotatable bonds is 4. The third-order valence-corrected chi connectivity index (χ3v) is 4.96. The van der Waals surface area contributed by atoms with Crippen LogP contribution in [0.15, 0.2) is 83.0 Å². The van der Waals surface area contributed by atoms with Crippen LogP contribution in [0.5, 0.6) is 0 Å². The molecule has 0 aliphatic carbocycles. The van der Waals surface area contributed by atoms with E-state index in [1.807, 2.05) is 0 Å². The van der Waals surface area contributed by atoms with Gasteiger partial charge in [-0.05, 0) is 42.5 Å². The fraction of sp³-hybridized carbons (Fsp3) is 0. The third-order valence-electron chi connectivity index (χ3n) is 4.03. The second-order valence-corrected chi connectivity index (χ2v) is 7.41. The summed E-state index contributed by atoms with van der Waals surface area (Å²) in [7, 11) is -3.79. The highest BCUT2D eigenvalue weighted by Gasteiger charge is 2.14. The molecule has 140 valence electrons. The molecule has 0 radical (unpaired) electrons. The molecule has 1 aromatic carbocycles. The first kappa shape index (κ1) is 17.8. The van der Waals surface area contributed by atoms with E-state index >= 15 is 0 Å². The van der Waals surface area contributed by atoms with Crippen molar-refractivity contribution in [3.05, 3.63) is 83.5 Å². The molecule has 0 aliphatic heterocycles. The molecule has 0 aliphatic rings. The Labute approximate surface area is 159 Å². The minimum Gasteiger partial charge on any atom is -0.287 e. The highest BCUT2D eigenvalue weighted by atomic mass is 32.2. The zero-order chi connectivity index (χ0) is 19.7. The first-order valence-electron chi connectivity index (χ1n) is 8.11. The monoisotopic (exact) mass is 394 g/mol. The van der Waals surface area contributed by atoms with Crippen LogP contribution in [0, 0.1) is 0 Å². The molecular weight excluding hydrogens is 380 g/mol. The molecule has 9 nitrogen and oxygen atoms in total. The highest BCUT2D eigenvalue weighted by Crippen LogP contribution is 2.19. The van der Waals surface area contributed by atoms with Crippen LogP contribution < -0.4 is 10.6 Å². The van der Waals surface area contributed by atoms with Gasteiger partial charge in [-0.25, -0.2) is 22.9 Å². The summed E-state index contributed by atoms with van der Waals surface area (Å²) < 4.78 is 25.9. The van der Waals surface area contributed by atoms with Gasteiger partial charge in [-0.1, -0.05) is 0 Å². The van der Waals surface area contributed by atoms with Crippen LogP contribution in [-0.2, 0) is 10.0 Å². The van der Waals surface area contributed by atoms with E-state index in [2.05, 4.69) is 15.2 Å². The van der Waals surface area contributed by atoms with E-state index in [0.717, 1.165) is 5.69 Å². The van der Waals surface area contributed by atoms with E-state index in [1.165, 1.54) is 29.1 Å². The normalized spacial score (nSPS) is 11.5. The van der Waals surface area contributed by atoms with E-state index in [4.69, 9.17) is 5.14 Å². The molecule has 0 unspecified atom stereocenters.